The molecule has 1 saturated carbocycles. The normalized spacial score (nSPS) is 22.0. The van der Waals surface area contributed by atoms with Gasteiger partial charge in [0.2, 0.25) is 23.6 Å². The number of para-hydroxylation sites is 1. The van der Waals surface area contributed by atoms with Crippen LogP contribution in [0.2, 0.25) is 0 Å². The van der Waals surface area contributed by atoms with Crippen LogP contribution in [0.4, 0.5) is 5.69 Å². The van der Waals surface area contributed by atoms with E-state index < -0.39 is 18.1 Å². The van der Waals surface area contributed by atoms with Gasteiger partial charge in [-0.2, -0.15) is 15.4 Å². The van der Waals surface area contributed by atoms with Gasteiger partial charge in [-0.15, -0.1) is 0 Å². The van der Waals surface area contributed by atoms with Crippen molar-refractivity contribution < 1.29 is 19.2 Å². The highest BCUT2D eigenvalue weighted by Gasteiger charge is 2.44. The lowest BCUT2D eigenvalue weighted by atomic mass is 9.96. The second kappa shape index (κ2) is 10.1. The largest absolute Gasteiger partial charge is 0.348 e. The number of carbonyl (C=O) groups is 4. The van der Waals surface area contributed by atoms with Gasteiger partial charge in [0.15, 0.2) is 0 Å². The Morgan fingerprint density at radius 3 is 2.67 bits per heavy atom. The van der Waals surface area contributed by atoms with Crippen LogP contribution in [0.15, 0.2) is 24.4 Å². The first-order valence-electron chi connectivity index (χ1n) is 12.6. The molecule has 190 valence electrons. The summed E-state index contributed by atoms with van der Waals surface area (Å²) in [7, 11) is 0. The minimum atomic E-state index is -0.792. The molecule has 4 amide bonds. The number of H-pyrrole nitrogens is 1. The maximum atomic E-state index is 13.8. The van der Waals surface area contributed by atoms with Gasteiger partial charge >= 0.3 is 0 Å². The minimum absolute atomic E-state index is 0.0559. The van der Waals surface area contributed by atoms with Crippen molar-refractivity contribution in [3.8, 4) is 0 Å². The van der Waals surface area contributed by atoms with E-state index in [1.54, 1.807) is 4.90 Å². The Bertz CT molecular complexity index is 1160. The molecule has 1 aromatic carbocycles. The van der Waals surface area contributed by atoms with Gasteiger partial charge in [0.25, 0.3) is 0 Å². The molecule has 4 N–H and O–H groups in total. The molecule has 3 atom stereocenters. The fraction of sp³-hybridized carbons (Fsp3) is 0.520. The van der Waals surface area contributed by atoms with Crippen molar-refractivity contribution in [2.75, 3.05) is 4.90 Å². The van der Waals surface area contributed by atoms with Crippen LogP contribution in [0.25, 0.3) is 0 Å². The number of aromatic nitrogens is 3. The van der Waals surface area contributed by atoms with E-state index in [0.29, 0.717) is 25.0 Å². The standard InChI is InChI=1S/C25H31N7O4/c1-14(33)28-21(15-5-2-3-6-15)24(35)29-19-10-9-16-7-4-8-17-11-20(32(22(16)17)25(19)36)23(34)26-12-18-13-27-31-30-18/h4,7-8,13,15,19-21H,2-3,5-6,9-12H2,1H3,(H,26,34)(H,28,33)(H,29,35)(H,27,30,31)/t19?,20?,21-/m0/s1. The first-order valence-corrected chi connectivity index (χ1v) is 12.6. The smallest absolute Gasteiger partial charge is 0.250 e. The molecule has 11 nitrogen and oxygen atoms in total. The molecule has 2 unspecified atom stereocenters. The predicted molar refractivity (Wildman–Crippen MR) is 129 cm³/mol. The van der Waals surface area contributed by atoms with E-state index in [4.69, 9.17) is 0 Å². The third-order valence-corrected chi connectivity index (χ3v) is 7.45. The summed E-state index contributed by atoms with van der Waals surface area (Å²) in [4.78, 5) is 53.8. The number of aromatic amines is 1. The average molecular weight is 494 g/mol. The first kappa shape index (κ1) is 24.0. The molecule has 2 aromatic rings. The summed E-state index contributed by atoms with van der Waals surface area (Å²) in [5, 5.41) is 18.8. The van der Waals surface area contributed by atoms with Crippen molar-refractivity contribution in [2.45, 2.75) is 76.5 Å². The number of carbonyl (C=O) groups excluding carboxylic acids is 4. The number of rotatable bonds is 7. The Hall–Kier alpha value is -3.76. The van der Waals surface area contributed by atoms with E-state index in [-0.39, 0.29) is 36.1 Å². The summed E-state index contributed by atoms with van der Waals surface area (Å²) in [5.74, 6) is -1.15. The average Bonchev–Trinajstić information content (AvgIpc) is 3.62. The lowest BCUT2D eigenvalue weighted by molar-refractivity contribution is -0.132. The Labute approximate surface area is 208 Å². The fourth-order valence-electron chi connectivity index (χ4n) is 5.75. The molecule has 1 aliphatic carbocycles. The number of anilines is 1. The number of amides is 4. The van der Waals surface area contributed by atoms with Crippen LogP contribution in [0.1, 0.15) is 55.8 Å². The molecular formula is C25H31N7O4. The predicted octanol–water partition coefficient (Wildman–Crippen LogP) is 0.505. The van der Waals surface area contributed by atoms with Gasteiger partial charge < -0.3 is 16.0 Å². The van der Waals surface area contributed by atoms with Crippen LogP contribution in [-0.2, 0) is 38.6 Å². The molecule has 0 saturated heterocycles. The molecular weight excluding hydrogens is 462 g/mol. The maximum Gasteiger partial charge on any atom is 0.250 e. The van der Waals surface area contributed by atoms with Crippen LogP contribution in [0.5, 0.6) is 0 Å². The van der Waals surface area contributed by atoms with Crippen LogP contribution < -0.4 is 20.9 Å². The fourth-order valence-corrected chi connectivity index (χ4v) is 5.75. The number of hydrogen-bond donors (Lipinski definition) is 4. The van der Waals surface area contributed by atoms with Crippen molar-refractivity contribution in [2.24, 2.45) is 5.92 Å². The van der Waals surface area contributed by atoms with Gasteiger partial charge in [0, 0.05) is 13.3 Å². The van der Waals surface area contributed by atoms with Gasteiger partial charge in [-0.05, 0) is 42.7 Å². The Kier molecular flexibility index (Phi) is 6.71. The van der Waals surface area contributed by atoms with E-state index in [1.165, 1.54) is 13.1 Å². The van der Waals surface area contributed by atoms with Crippen LogP contribution in [0, 0.1) is 5.92 Å². The SMILES string of the molecule is CC(=O)N[C@H](C(=O)NC1CCc2cccc3c2N(C1=O)C(C(=O)NCc1cn[nH]n1)C3)C1CCCC1. The monoisotopic (exact) mass is 493 g/mol. The number of hydrogen-bond acceptors (Lipinski definition) is 6. The summed E-state index contributed by atoms with van der Waals surface area (Å²) in [6.45, 7) is 1.59. The highest BCUT2D eigenvalue weighted by Crippen LogP contribution is 2.39. The third kappa shape index (κ3) is 4.69. The lowest BCUT2D eigenvalue weighted by Gasteiger charge is -2.29. The molecule has 36 heavy (non-hydrogen) atoms. The van der Waals surface area contributed by atoms with Crippen molar-refractivity contribution in [1.29, 1.82) is 0 Å². The molecule has 3 heterocycles. The third-order valence-electron chi connectivity index (χ3n) is 7.45. The van der Waals surface area contributed by atoms with Gasteiger partial charge in [-0.25, -0.2) is 0 Å². The zero-order chi connectivity index (χ0) is 25.2. The highest BCUT2D eigenvalue weighted by atomic mass is 16.2. The minimum Gasteiger partial charge on any atom is -0.348 e. The summed E-state index contributed by atoms with van der Waals surface area (Å²) in [6.07, 6.45) is 6.72. The van der Waals surface area contributed by atoms with Crippen LogP contribution in [0.3, 0.4) is 0 Å². The molecule has 1 fully saturated rings. The second-order valence-electron chi connectivity index (χ2n) is 9.85. The van der Waals surface area contributed by atoms with Crippen LogP contribution >= 0.6 is 0 Å². The topological polar surface area (TPSA) is 149 Å². The number of aryl methyl sites for hydroxylation is 1. The van der Waals surface area contributed by atoms with Crippen LogP contribution in [-0.4, -0.2) is 57.2 Å². The van der Waals surface area contributed by atoms with E-state index in [9.17, 15) is 19.2 Å². The molecule has 0 radical (unpaired) electrons. The van der Waals surface area contributed by atoms with E-state index in [0.717, 1.165) is 42.5 Å². The summed E-state index contributed by atoms with van der Waals surface area (Å²) >= 11 is 0. The van der Waals surface area contributed by atoms with E-state index >= 15 is 0 Å². The maximum absolute atomic E-state index is 13.8. The lowest BCUT2D eigenvalue weighted by Crippen LogP contribution is -2.58. The number of nitrogens with zero attached hydrogens (tertiary/aromatic N) is 3. The van der Waals surface area contributed by atoms with Gasteiger partial charge in [0.1, 0.15) is 23.8 Å². The van der Waals surface area contributed by atoms with Gasteiger partial charge in [-0.3, -0.25) is 24.1 Å². The molecule has 11 heteroatoms. The molecule has 2 aliphatic heterocycles. The van der Waals surface area contributed by atoms with Gasteiger partial charge in [-0.1, -0.05) is 31.0 Å². The second-order valence-corrected chi connectivity index (χ2v) is 9.85. The Morgan fingerprint density at radius 1 is 1.17 bits per heavy atom. The molecule has 0 bridgehead atoms. The van der Waals surface area contributed by atoms with Gasteiger partial charge in [0.05, 0.1) is 18.4 Å². The molecule has 0 spiro atoms. The molecule has 5 rings (SSSR count). The zero-order valence-electron chi connectivity index (χ0n) is 20.3. The Morgan fingerprint density at radius 2 is 1.94 bits per heavy atom. The summed E-state index contributed by atoms with van der Waals surface area (Å²) in [5.41, 5.74) is 3.29. The number of nitrogens with one attached hydrogen (secondary N) is 4. The van der Waals surface area contributed by atoms with Crippen molar-refractivity contribution in [1.82, 2.24) is 31.4 Å². The van der Waals surface area contributed by atoms with Crippen molar-refractivity contribution in [3.63, 3.8) is 0 Å². The van der Waals surface area contributed by atoms with E-state index in [1.807, 2.05) is 18.2 Å². The molecule has 3 aliphatic rings. The summed E-state index contributed by atoms with van der Waals surface area (Å²) < 4.78 is 0. The first-order chi connectivity index (χ1) is 17.4. The van der Waals surface area contributed by atoms with E-state index in [2.05, 4.69) is 31.4 Å². The molecule has 1 aromatic heterocycles. The van der Waals surface area contributed by atoms with Crippen molar-refractivity contribution >= 4 is 29.3 Å². The van der Waals surface area contributed by atoms with Crippen molar-refractivity contribution in [3.05, 3.63) is 41.2 Å². The Balaban J connectivity index is 1.36. The highest BCUT2D eigenvalue weighted by molar-refractivity contribution is 6.08. The summed E-state index contributed by atoms with van der Waals surface area (Å²) in [6, 6.07) is 3.67. The zero-order valence-corrected chi connectivity index (χ0v) is 20.3. The number of benzene rings is 1. The quantitative estimate of drug-likeness (QED) is 0.441.